The first-order valence-electron chi connectivity index (χ1n) is 9.92. The maximum absolute atomic E-state index is 12.9. The molecule has 2 aromatic carbocycles. The number of carbonyl (C=O) groups excluding carboxylic acids is 1. The van der Waals surface area contributed by atoms with Crippen LogP contribution in [0.2, 0.25) is 0 Å². The van der Waals surface area contributed by atoms with E-state index in [9.17, 15) is 26.4 Å². The highest BCUT2D eigenvalue weighted by Crippen LogP contribution is 2.31. The van der Waals surface area contributed by atoms with Crippen LogP contribution in [0.3, 0.4) is 0 Å². The maximum atomic E-state index is 12.9. The first-order chi connectivity index (χ1) is 15.1. The summed E-state index contributed by atoms with van der Waals surface area (Å²) < 4.78 is 76.4. The fraction of sp³-hybridized carbons (Fsp3) is 0.381. The van der Waals surface area contributed by atoms with Gasteiger partial charge >= 0.3 is 6.18 Å². The van der Waals surface area contributed by atoms with E-state index in [-0.39, 0.29) is 38.7 Å². The number of piperazine rings is 1. The number of amides is 1. The van der Waals surface area contributed by atoms with Crippen LogP contribution in [-0.2, 0) is 21.0 Å². The Morgan fingerprint density at radius 1 is 0.969 bits per heavy atom. The fourth-order valence-electron chi connectivity index (χ4n) is 3.23. The van der Waals surface area contributed by atoms with E-state index in [0.29, 0.717) is 24.2 Å². The Bertz CT molecular complexity index is 1050. The smallest absolute Gasteiger partial charge is 0.416 e. The van der Waals surface area contributed by atoms with Crippen LogP contribution in [0.1, 0.15) is 12.5 Å². The molecular formula is C21H23F3N2O5S. The van der Waals surface area contributed by atoms with Crippen LogP contribution < -0.4 is 9.47 Å². The average molecular weight is 472 g/mol. The lowest BCUT2D eigenvalue weighted by Gasteiger charge is -2.34. The predicted octanol–water partition coefficient (Wildman–Crippen LogP) is 3.02. The minimum Gasteiger partial charge on any atom is -0.490 e. The minimum atomic E-state index is -4.64. The second-order valence-corrected chi connectivity index (χ2v) is 8.92. The van der Waals surface area contributed by atoms with Crippen LogP contribution in [0.4, 0.5) is 13.2 Å². The van der Waals surface area contributed by atoms with E-state index in [1.54, 1.807) is 24.3 Å². The van der Waals surface area contributed by atoms with Crippen LogP contribution in [0.25, 0.3) is 0 Å². The lowest BCUT2D eigenvalue weighted by atomic mass is 10.2. The molecule has 174 valence electrons. The van der Waals surface area contributed by atoms with Crippen molar-refractivity contribution in [1.82, 2.24) is 9.21 Å². The monoisotopic (exact) mass is 472 g/mol. The van der Waals surface area contributed by atoms with Gasteiger partial charge in [0.05, 0.1) is 17.1 Å². The Balaban J connectivity index is 1.59. The second kappa shape index (κ2) is 9.78. The summed E-state index contributed by atoms with van der Waals surface area (Å²) >= 11 is 0. The molecule has 2 aromatic rings. The Morgan fingerprint density at radius 2 is 1.59 bits per heavy atom. The van der Waals surface area contributed by atoms with E-state index in [4.69, 9.17) is 9.47 Å². The number of hydrogen-bond acceptors (Lipinski definition) is 5. The zero-order valence-electron chi connectivity index (χ0n) is 17.3. The van der Waals surface area contributed by atoms with E-state index in [1.807, 2.05) is 6.92 Å². The summed E-state index contributed by atoms with van der Waals surface area (Å²) in [7, 11) is -4.11. The number of sulfonamides is 1. The van der Waals surface area contributed by atoms with Crippen molar-refractivity contribution >= 4 is 15.9 Å². The quantitative estimate of drug-likeness (QED) is 0.619. The number of nitrogens with zero attached hydrogens (tertiary/aromatic N) is 2. The summed E-state index contributed by atoms with van der Waals surface area (Å²) in [5, 5.41) is 0. The summed E-state index contributed by atoms with van der Waals surface area (Å²) in [6.07, 6.45) is -4.64. The van der Waals surface area contributed by atoms with Crippen molar-refractivity contribution in [2.75, 3.05) is 39.4 Å². The zero-order valence-corrected chi connectivity index (χ0v) is 18.2. The molecule has 0 atom stereocenters. The van der Waals surface area contributed by atoms with Crippen molar-refractivity contribution in [1.29, 1.82) is 0 Å². The molecule has 11 heteroatoms. The molecule has 0 aliphatic carbocycles. The molecule has 1 aliphatic heterocycles. The Morgan fingerprint density at radius 3 is 2.19 bits per heavy atom. The third-order valence-electron chi connectivity index (χ3n) is 4.89. The number of rotatable bonds is 7. The van der Waals surface area contributed by atoms with Crippen molar-refractivity contribution in [3.63, 3.8) is 0 Å². The van der Waals surface area contributed by atoms with Gasteiger partial charge in [-0.15, -0.1) is 0 Å². The van der Waals surface area contributed by atoms with Gasteiger partial charge in [0, 0.05) is 26.2 Å². The summed E-state index contributed by atoms with van der Waals surface area (Å²) in [6, 6.07) is 10.6. The van der Waals surface area contributed by atoms with E-state index < -0.39 is 26.7 Å². The van der Waals surface area contributed by atoms with Gasteiger partial charge in [-0.2, -0.15) is 17.5 Å². The first-order valence-corrected chi connectivity index (χ1v) is 11.4. The zero-order chi connectivity index (χ0) is 23.4. The van der Waals surface area contributed by atoms with Gasteiger partial charge in [0.15, 0.2) is 18.1 Å². The minimum absolute atomic E-state index is 0.0279. The van der Waals surface area contributed by atoms with E-state index in [1.165, 1.54) is 4.90 Å². The Kier molecular flexibility index (Phi) is 7.29. The molecule has 1 fully saturated rings. The molecule has 1 saturated heterocycles. The molecule has 0 unspecified atom stereocenters. The van der Waals surface area contributed by atoms with Crippen LogP contribution in [-0.4, -0.2) is 62.9 Å². The van der Waals surface area contributed by atoms with E-state index in [0.717, 1.165) is 22.5 Å². The number of alkyl halides is 3. The first kappa shape index (κ1) is 23.9. The molecule has 0 N–H and O–H groups in total. The van der Waals surface area contributed by atoms with Crippen molar-refractivity contribution < 1.29 is 35.9 Å². The van der Waals surface area contributed by atoms with Crippen LogP contribution in [0, 0.1) is 0 Å². The summed E-state index contributed by atoms with van der Waals surface area (Å²) in [4.78, 5) is 13.5. The SMILES string of the molecule is CCOc1ccccc1OCC(=O)N1CCN(S(=O)(=O)c2cccc(C(F)(F)F)c2)CC1. The highest BCUT2D eigenvalue weighted by molar-refractivity contribution is 7.89. The summed E-state index contributed by atoms with van der Waals surface area (Å²) in [5.74, 6) is 0.612. The van der Waals surface area contributed by atoms with Gasteiger partial charge in [-0.3, -0.25) is 4.79 Å². The number of ether oxygens (including phenoxy) is 2. The van der Waals surface area contributed by atoms with E-state index in [2.05, 4.69) is 0 Å². The normalized spacial score (nSPS) is 15.4. The Labute approximate surface area is 184 Å². The lowest BCUT2D eigenvalue weighted by molar-refractivity contribution is -0.138. The summed E-state index contributed by atoms with van der Waals surface area (Å²) in [5.41, 5.74) is -1.03. The molecule has 0 radical (unpaired) electrons. The molecule has 32 heavy (non-hydrogen) atoms. The number of hydrogen-bond donors (Lipinski definition) is 0. The second-order valence-electron chi connectivity index (χ2n) is 6.98. The van der Waals surface area contributed by atoms with Gasteiger partial charge in [-0.1, -0.05) is 18.2 Å². The van der Waals surface area contributed by atoms with Gasteiger partial charge in [-0.25, -0.2) is 8.42 Å². The van der Waals surface area contributed by atoms with Gasteiger partial charge in [0.1, 0.15) is 0 Å². The fourth-order valence-corrected chi connectivity index (χ4v) is 4.70. The molecule has 1 amide bonds. The number of para-hydroxylation sites is 2. The number of halogens is 3. The third-order valence-corrected chi connectivity index (χ3v) is 6.79. The third kappa shape index (κ3) is 5.52. The van der Waals surface area contributed by atoms with Crippen molar-refractivity contribution in [3.8, 4) is 11.5 Å². The highest BCUT2D eigenvalue weighted by Gasteiger charge is 2.34. The van der Waals surface area contributed by atoms with Gasteiger partial charge < -0.3 is 14.4 Å². The van der Waals surface area contributed by atoms with Gasteiger partial charge in [0.25, 0.3) is 5.91 Å². The highest BCUT2D eigenvalue weighted by atomic mass is 32.2. The predicted molar refractivity (Wildman–Crippen MR) is 110 cm³/mol. The lowest BCUT2D eigenvalue weighted by Crippen LogP contribution is -2.51. The number of carbonyl (C=O) groups is 1. The van der Waals surface area contributed by atoms with Crippen molar-refractivity contribution in [2.24, 2.45) is 0 Å². The van der Waals surface area contributed by atoms with Crippen LogP contribution in [0.5, 0.6) is 11.5 Å². The molecule has 1 heterocycles. The van der Waals surface area contributed by atoms with Crippen LogP contribution >= 0.6 is 0 Å². The van der Waals surface area contributed by atoms with Gasteiger partial charge in [0.2, 0.25) is 10.0 Å². The molecule has 0 spiro atoms. The van der Waals surface area contributed by atoms with Crippen molar-refractivity contribution in [2.45, 2.75) is 18.0 Å². The molecule has 0 bridgehead atoms. The average Bonchev–Trinajstić information content (AvgIpc) is 2.78. The van der Waals surface area contributed by atoms with Crippen LogP contribution in [0.15, 0.2) is 53.4 Å². The molecule has 0 aromatic heterocycles. The van der Waals surface area contributed by atoms with Crippen molar-refractivity contribution in [3.05, 3.63) is 54.1 Å². The molecule has 3 rings (SSSR count). The van der Waals surface area contributed by atoms with Gasteiger partial charge in [-0.05, 0) is 37.3 Å². The number of benzene rings is 2. The maximum Gasteiger partial charge on any atom is 0.416 e. The largest absolute Gasteiger partial charge is 0.490 e. The molecule has 1 aliphatic rings. The Hall–Kier alpha value is -2.79. The molecule has 7 nitrogen and oxygen atoms in total. The molecule has 0 saturated carbocycles. The topological polar surface area (TPSA) is 76.2 Å². The van der Waals surface area contributed by atoms with E-state index >= 15 is 0 Å². The molecular weight excluding hydrogens is 449 g/mol. The summed E-state index contributed by atoms with van der Waals surface area (Å²) in [6.45, 7) is 2.18. The standard InChI is InChI=1S/C21H23F3N2O5S/c1-2-30-18-8-3-4-9-19(18)31-15-20(27)25-10-12-26(13-11-25)32(28,29)17-7-5-6-16(14-17)21(22,23)24/h3-9,14H,2,10-13,15H2,1H3.